The minimum absolute atomic E-state index is 0.0340. The molecule has 1 aromatic heterocycles. The number of nitrogens with two attached hydrogens (primary N) is 1. The first kappa shape index (κ1) is 35.8. The van der Waals surface area contributed by atoms with Crippen LogP contribution in [0.4, 0.5) is 13.2 Å². The molecule has 1 aromatic rings. The lowest BCUT2D eigenvalue weighted by Crippen LogP contribution is -2.52. The third-order valence-electron chi connectivity index (χ3n) is 8.68. The summed E-state index contributed by atoms with van der Waals surface area (Å²) in [6.07, 6.45) is -0.168. The van der Waals surface area contributed by atoms with Crippen LogP contribution >= 0.6 is 23.2 Å². The van der Waals surface area contributed by atoms with Crippen molar-refractivity contribution in [2.24, 2.45) is 16.1 Å². The molecule has 3 N–H and O–H groups in total. The standard InChI is InChI=1S/C30H39Cl2F3N4O5/c1-5-7-29(11-9-28(4,10-12-29)26(42)43)38-24(30(33,34)35)19(13-36)25(41)39(18-6-8-27(2,3)44-17-18)16-22(40)23-20(31)14-37-15-21(23)32/h13-15,18H,5-12,16-17,36H2,1-4H3,(H,42,43). The summed E-state index contributed by atoms with van der Waals surface area (Å²) in [6.45, 7) is 6.38. The third kappa shape index (κ3) is 8.11. The van der Waals surface area contributed by atoms with E-state index in [4.69, 9.17) is 33.7 Å². The number of halogens is 5. The number of aliphatic imine (C=N–C) groups is 1. The van der Waals surface area contributed by atoms with Gasteiger partial charge in [0.15, 0.2) is 11.5 Å². The molecular formula is C30H39Cl2F3N4O5. The summed E-state index contributed by atoms with van der Waals surface area (Å²) in [5.41, 5.74) is 0.374. The van der Waals surface area contributed by atoms with Gasteiger partial charge in [0, 0.05) is 18.6 Å². The predicted octanol–water partition coefficient (Wildman–Crippen LogP) is 6.41. The molecule has 244 valence electrons. The Morgan fingerprint density at radius 1 is 1.14 bits per heavy atom. The predicted molar refractivity (Wildman–Crippen MR) is 161 cm³/mol. The molecule has 0 bridgehead atoms. The van der Waals surface area contributed by atoms with Gasteiger partial charge in [0.2, 0.25) is 0 Å². The van der Waals surface area contributed by atoms with Gasteiger partial charge in [0.05, 0.1) is 56.9 Å². The number of hydrogen-bond donors (Lipinski definition) is 2. The van der Waals surface area contributed by atoms with E-state index in [1.54, 1.807) is 13.8 Å². The van der Waals surface area contributed by atoms with E-state index in [1.807, 2.05) is 13.8 Å². The number of ketones is 1. The lowest BCUT2D eigenvalue weighted by atomic mass is 9.67. The summed E-state index contributed by atoms with van der Waals surface area (Å²) in [7, 11) is 0. The number of nitrogens with zero attached hydrogens (tertiary/aromatic N) is 3. The van der Waals surface area contributed by atoms with Gasteiger partial charge >= 0.3 is 12.1 Å². The van der Waals surface area contributed by atoms with Crippen LogP contribution in [0.5, 0.6) is 0 Å². The van der Waals surface area contributed by atoms with E-state index in [-0.39, 0.29) is 54.3 Å². The molecule has 0 radical (unpaired) electrons. The maximum Gasteiger partial charge on any atom is 0.433 e. The van der Waals surface area contributed by atoms with Crippen LogP contribution in [0.3, 0.4) is 0 Å². The van der Waals surface area contributed by atoms with Gasteiger partial charge in [-0.2, -0.15) is 13.2 Å². The maximum absolute atomic E-state index is 14.8. The molecule has 9 nitrogen and oxygen atoms in total. The fraction of sp³-hybridized carbons (Fsp3) is 0.633. The lowest BCUT2D eigenvalue weighted by molar-refractivity contribution is -0.150. The summed E-state index contributed by atoms with van der Waals surface area (Å²) in [5.74, 6) is -2.87. The molecule has 1 saturated carbocycles. The highest BCUT2D eigenvalue weighted by Crippen LogP contribution is 2.46. The van der Waals surface area contributed by atoms with Crippen molar-refractivity contribution in [3.63, 3.8) is 0 Å². The Kier molecular flexibility index (Phi) is 11.2. The van der Waals surface area contributed by atoms with E-state index in [2.05, 4.69) is 9.98 Å². The van der Waals surface area contributed by atoms with Crippen molar-refractivity contribution >= 4 is 46.6 Å². The molecule has 2 aliphatic rings. The number of aliphatic carboxylic acids is 1. The first-order valence-electron chi connectivity index (χ1n) is 14.5. The highest BCUT2D eigenvalue weighted by Gasteiger charge is 2.49. The Morgan fingerprint density at radius 3 is 2.18 bits per heavy atom. The highest BCUT2D eigenvalue weighted by atomic mass is 35.5. The van der Waals surface area contributed by atoms with Crippen molar-refractivity contribution in [1.82, 2.24) is 9.88 Å². The summed E-state index contributed by atoms with van der Waals surface area (Å²) in [5, 5.41) is 9.52. The fourth-order valence-electron chi connectivity index (χ4n) is 5.80. The molecule has 2 heterocycles. The Balaban J connectivity index is 2.07. The number of amides is 1. The molecule has 2 fully saturated rings. The summed E-state index contributed by atoms with van der Waals surface area (Å²) in [6, 6.07) is -0.765. The molecule has 1 unspecified atom stereocenters. The molecule has 0 spiro atoms. The van der Waals surface area contributed by atoms with Crippen molar-refractivity contribution in [2.75, 3.05) is 13.2 Å². The summed E-state index contributed by atoms with van der Waals surface area (Å²) < 4.78 is 50.2. The Morgan fingerprint density at radius 2 is 1.73 bits per heavy atom. The van der Waals surface area contributed by atoms with Crippen LogP contribution in [-0.2, 0) is 14.3 Å². The number of hydrogen-bond acceptors (Lipinski definition) is 7. The largest absolute Gasteiger partial charge is 0.481 e. The van der Waals surface area contributed by atoms with E-state index >= 15 is 0 Å². The minimum Gasteiger partial charge on any atom is -0.481 e. The number of carbonyl (C=O) groups is 3. The van der Waals surface area contributed by atoms with Crippen molar-refractivity contribution in [1.29, 1.82) is 0 Å². The molecule has 0 aromatic carbocycles. The number of alkyl halides is 3. The van der Waals surface area contributed by atoms with E-state index in [0.29, 0.717) is 25.5 Å². The second-order valence-corrected chi connectivity index (χ2v) is 13.3. The lowest BCUT2D eigenvalue weighted by Gasteiger charge is -2.42. The first-order valence-corrected chi connectivity index (χ1v) is 15.2. The van der Waals surface area contributed by atoms with Gasteiger partial charge in [-0.25, -0.2) is 0 Å². The van der Waals surface area contributed by atoms with Gasteiger partial charge in [-0.1, -0.05) is 36.5 Å². The second-order valence-electron chi connectivity index (χ2n) is 12.5. The quantitative estimate of drug-likeness (QED) is 0.168. The number of rotatable bonds is 10. The molecule has 1 aliphatic carbocycles. The van der Waals surface area contributed by atoms with Crippen molar-refractivity contribution in [3.05, 3.63) is 39.8 Å². The topological polar surface area (TPSA) is 135 Å². The number of carboxylic acid groups (broad SMARTS) is 1. The van der Waals surface area contributed by atoms with Gasteiger partial charge in [-0.15, -0.1) is 0 Å². The van der Waals surface area contributed by atoms with E-state index < -0.39 is 64.3 Å². The van der Waals surface area contributed by atoms with Crippen LogP contribution in [0, 0.1) is 5.41 Å². The number of aromatic nitrogens is 1. The summed E-state index contributed by atoms with van der Waals surface area (Å²) >= 11 is 12.3. The van der Waals surface area contributed by atoms with Crippen molar-refractivity contribution in [2.45, 2.75) is 102 Å². The van der Waals surface area contributed by atoms with E-state index in [0.717, 1.165) is 4.90 Å². The van der Waals surface area contributed by atoms with Gasteiger partial charge in [0.1, 0.15) is 0 Å². The van der Waals surface area contributed by atoms with Crippen molar-refractivity contribution in [3.8, 4) is 0 Å². The van der Waals surface area contributed by atoms with Crippen LogP contribution < -0.4 is 5.73 Å². The third-order valence-corrected chi connectivity index (χ3v) is 9.25. The first-order chi connectivity index (χ1) is 20.4. The van der Waals surface area contributed by atoms with E-state index in [9.17, 15) is 32.7 Å². The molecule has 14 heteroatoms. The van der Waals surface area contributed by atoms with Crippen LogP contribution in [0.1, 0.15) is 89.4 Å². The van der Waals surface area contributed by atoms with Crippen LogP contribution in [0.15, 0.2) is 29.2 Å². The van der Waals surface area contributed by atoms with Crippen LogP contribution in [-0.4, -0.2) is 74.9 Å². The Hall–Kier alpha value is -2.70. The molecule has 44 heavy (non-hydrogen) atoms. The smallest absolute Gasteiger partial charge is 0.433 e. The van der Waals surface area contributed by atoms with Crippen molar-refractivity contribution < 1.29 is 37.4 Å². The maximum atomic E-state index is 14.8. The number of carbonyl (C=O) groups excluding carboxylic acids is 2. The van der Waals surface area contributed by atoms with Gasteiger partial charge in [-0.3, -0.25) is 24.4 Å². The zero-order valence-corrected chi connectivity index (χ0v) is 26.8. The summed E-state index contributed by atoms with van der Waals surface area (Å²) in [4.78, 5) is 48.4. The minimum atomic E-state index is -5.09. The van der Waals surface area contributed by atoms with Crippen LogP contribution in [0.2, 0.25) is 10.0 Å². The SMILES string of the molecule is CCCC1(N=C(C(=CN)C(=O)N(CC(=O)c2c(Cl)cncc2Cl)C2CCC(C)(C)OC2)C(F)(F)F)CCC(C)(C(=O)O)CC1. The molecule has 1 aliphatic heterocycles. The zero-order chi connectivity index (χ0) is 33.1. The van der Waals surface area contributed by atoms with E-state index in [1.165, 1.54) is 12.4 Å². The average Bonchev–Trinajstić information content (AvgIpc) is 2.93. The molecule has 1 atom stereocenters. The highest BCUT2D eigenvalue weighted by molar-refractivity contribution is 6.39. The van der Waals surface area contributed by atoms with Gasteiger partial charge < -0.3 is 20.5 Å². The average molecular weight is 664 g/mol. The number of Topliss-reactive ketones (excluding diaryl/α,β-unsaturated/α-hetero) is 1. The van der Waals surface area contributed by atoms with Gasteiger partial charge in [0.25, 0.3) is 5.91 Å². The molecule has 3 rings (SSSR count). The molecule has 1 amide bonds. The normalized spacial score (nSPS) is 26.2. The fourth-order valence-corrected chi connectivity index (χ4v) is 6.37. The molecular weight excluding hydrogens is 624 g/mol. The Labute approximate surface area is 265 Å². The zero-order valence-electron chi connectivity index (χ0n) is 25.3. The Bertz CT molecular complexity index is 1290. The number of ether oxygens (including phenoxy) is 1. The molecule has 1 saturated heterocycles. The number of carboxylic acids is 1. The second kappa shape index (κ2) is 13.7. The van der Waals surface area contributed by atoms with Gasteiger partial charge in [-0.05, 0) is 65.7 Å². The van der Waals surface area contributed by atoms with Crippen LogP contribution in [0.25, 0.3) is 0 Å². The number of pyridine rings is 1. The monoisotopic (exact) mass is 662 g/mol.